The maximum atomic E-state index is 3.63. The van der Waals surface area contributed by atoms with E-state index >= 15 is 0 Å². The monoisotopic (exact) mass is 241 g/mol. The van der Waals surface area contributed by atoms with Crippen molar-refractivity contribution >= 4 is 0 Å². The third-order valence-corrected chi connectivity index (χ3v) is 3.99. The second kappa shape index (κ2) is 8.90. The maximum Gasteiger partial charge on any atom is -0.000687 e. The smallest absolute Gasteiger partial charge is 0.000687 e. The van der Waals surface area contributed by atoms with Gasteiger partial charge in [-0.2, -0.15) is 0 Å². The van der Waals surface area contributed by atoms with E-state index in [4.69, 9.17) is 0 Å². The Labute approximate surface area is 108 Å². The molecule has 0 unspecified atom stereocenters. The minimum absolute atomic E-state index is 0.916. The molecular weight excluding hydrogens is 210 g/mol. The molecule has 0 atom stereocenters. The first-order chi connectivity index (χ1) is 8.26. The molecule has 3 nitrogen and oxygen atoms in total. The number of piperidine rings is 1. The summed E-state index contributed by atoms with van der Waals surface area (Å²) < 4.78 is 0. The van der Waals surface area contributed by atoms with E-state index in [1.54, 1.807) is 0 Å². The van der Waals surface area contributed by atoms with E-state index in [2.05, 4.69) is 36.0 Å². The van der Waals surface area contributed by atoms with Crippen molar-refractivity contribution in [2.75, 3.05) is 52.9 Å². The van der Waals surface area contributed by atoms with Crippen LogP contribution in [-0.4, -0.2) is 62.7 Å². The Bertz CT molecular complexity index is 172. The number of nitrogens with one attached hydrogen (secondary N) is 1. The van der Waals surface area contributed by atoms with Gasteiger partial charge in [0, 0.05) is 0 Å². The molecule has 0 saturated carbocycles. The van der Waals surface area contributed by atoms with Gasteiger partial charge in [0.15, 0.2) is 0 Å². The molecule has 0 aliphatic carbocycles. The Kier molecular flexibility index (Phi) is 7.82. The summed E-state index contributed by atoms with van der Waals surface area (Å²) >= 11 is 0. The molecule has 0 aromatic carbocycles. The van der Waals surface area contributed by atoms with Crippen LogP contribution in [0, 0.1) is 5.92 Å². The molecule has 1 N–H and O–H groups in total. The molecule has 17 heavy (non-hydrogen) atoms. The molecule has 1 fully saturated rings. The van der Waals surface area contributed by atoms with E-state index in [1.165, 1.54) is 65.1 Å². The molecule has 1 saturated heterocycles. The molecule has 0 radical (unpaired) electrons. The highest BCUT2D eigenvalue weighted by atomic mass is 15.1. The molecule has 1 rings (SSSR count). The third kappa shape index (κ3) is 6.39. The van der Waals surface area contributed by atoms with Gasteiger partial charge in [-0.25, -0.2) is 0 Å². The number of hydrogen-bond donors (Lipinski definition) is 1. The van der Waals surface area contributed by atoms with Gasteiger partial charge in [0.2, 0.25) is 0 Å². The van der Waals surface area contributed by atoms with Gasteiger partial charge in [-0.1, -0.05) is 13.8 Å². The normalized spacial score (nSPS) is 19.1. The van der Waals surface area contributed by atoms with Crippen molar-refractivity contribution in [2.24, 2.45) is 5.92 Å². The summed E-state index contributed by atoms with van der Waals surface area (Å²) in [7, 11) is 2.23. The lowest BCUT2D eigenvalue weighted by Gasteiger charge is -2.29. The summed E-state index contributed by atoms with van der Waals surface area (Å²) in [6, 6.07) is 0. The number of nitrogens with zero attached hydrogens (tertiary/aromatic N) is 2. The molecule has 3 heteroatoms. The van der Waals surface area contributed by atoms with Crippen LogP contribution in [0.4, 0.5) is 0 Å². The van der Waals surface area contributed by atoms with E-state index < -0.39 is 0 Å². The zero-order chi connectivity index (χ0) is 12.5. The minimum Gasteiger partial charge on any atom is -0.316 e. The molecular formula is C14H31N3. The fourth-order valence-electron chi connectivity index (χ4n) is 2.54. The highest BCUT2D eigenvalue weighted by molar-refractivity contribution is 4.71. The standard InChI is InChI=1S/C14H31N3/c1-4-17(5-2)10-6-9-15-13-14-7-11-16(3)12-8-14/h14-15H,4-13H2,1-3H3. The Morgan fingerprint density at radius 2 is 1.82 bits per heavy atom. The van der Waals surface area contributed by atoms with Crippen LogP contribution in [0.1, 0.15) is 33.1 Å². The van der Waals surface area contributed by atoms with Gasteiger partial charge in [-0.05, 0) is 78.0 Å². The van der Waals surface area contributed by atoms with Gasteiger partial charge in [-0.3, -0.25) is 0 Å². The summed E-state index contributed by atoms with van der Waals surface area (Å²) in [4.78, 5) is 4.94. The average Bonchev–Trinajstić information content (AvgIpc) is 2.36. The Balaban J connectivity index is 1.93. The zero-order valence-corrected chi connectivity index (χ0v) is 12.0. The lowest BCUT2D eigenvalue weighted by atomic mass is 9.97. The van der Waals surface area contributed by atoms with Gasteiger partial charge in [0.25, 0.3) is 0 Å². The molecule has 1 heterocycles. The highest BCUT2D eigenvalue weighted by Crippen LogP contribution is 2.14. The van der Waals surface area contributed by atoms with Gasteiger partial charge in [0.05, 0.1) is 0 Å². The van der Waals surface area contributed by atoms with Crippen LogP contribution in [0.5, 0.6) is 0 Å². The topological polar surface area (TPSA) is 18.5 Å². The number of likely N-dealkylation sites (tertiary alicyclic amines) is 1. The lowest BCUT2D eigenvalue weighted by Crippen LogP contribution is -2.35. The van der Waals surface area contributed by atoms with Crippen LogP contribution >= 0.6 is 0 Å². The van der Waals surface area contributed by atoms with Crippen molar-refractivity contribution in [2.45, 2.75) is 33.1 Å². The molecule has 1 aliphatic rings. The van der Waals surface area contributed by atoms with Crippen molar-refractivity contribution in [3.63, 3.8) is 0 Å². The summed E-state index contributed by atoms with van der Waals surface area (Å²) in [5, 5.41) is 3.63. The summed E-state index contributed by atoms with van der Waals surface area (Å²) in [5.41, 5.74) is 0. The van der Waals surface area contributed by atoms with Crippen molar-refractivity contribution in [1.29, 1.82) is 0 Å². The first-order valence-corrected chi connectivity index (χ1v) is 7.37. The molecule has 102 valence electrons. The number of rotatable bonds is 8. The van der Waals surface area contributed by atoms with Gasteiger partial charge < -0.3 is 15.1 Å². The summed E-state index contributed by atoms with van der Waals surface area (Å²) in [5.74, 6) is 0.916. The second-order valence-corrected chi connectivity index (χ2v) is 5.33. The second-order valence-electron chi connectivity index (χ2n) is 5.33. The average molecular weight is 241 g/mol. The van der Waals surface area contributed by atoms with E-state index in [-0.39, 0.29) is 0 Å². The van der Waals surface area contributed by atoms with Crippen LogP contribution in [0.15, 0.2) is 0 Å². The predicted molar refractivity (Wildman–Crippen MR) is 75.5 cm³/mol. The molecule has 0 bridgehead atoms. The van der Waals surface area contributed by atoms with E-state index in [0.717, 1.165) is 5.92 Å². The first-order valence-electron chi connectivity index (χ1n) is 7.37. The molecule has 0 aromatic heterocycles. The van der Waals surface area contributed by atoms with Crippen molar-refractivity contribution < 1.29 is 0 Å². The van der Waals surface area contributed by atoms with E-state index in [1.807, 2.05) is 0 Å². The summed E-state index contributed by atoms with van der Waals surface area (Å²) in [6.45, 7) is 13.1. The fourth-order valence-corrected chi connectivity index (χ4v) is 2.54. The minimum atomic E-state index is 0.916. The molecule has 0 aromatic rings. The van der Waals surface area contributed by atoms with E-state index in [9.17, 15) is 0 Å². The third-order valence-electron chi connectivity index (χ3n) is 3.99. The maximum absolute atomic E-state index is 3.63. The fraction of sp³-hybridized carbons (Fsp3) is 1.00. The van der Waals surface area contributed by atoms with Crippen LogP contribution in [0.2, 0.25) is 0 Å². The Morgan fingerprint density at radius 3 is 2.41 bits per heavy atom. The predicted octanol–water partition coefficient (Wildman–Crippen LogP) is 1.65. The SMILES string of the molecule is CCN(CC)CCCNCC1CCN(C)CC1. The Hall–Kier alpha value is -0.120. The van der Waals surface area contributed by atoms with Crippen LogP contribution in [-0.2, 0) is 0 Å². The van der Waals surface area contributed by atoms with Crippen molar-refractivity contribution in [3.8, 4) is 0 Å². The molecule has 0 spiro atoms. The lowest BCUT2D eigenvalue weighted by molar-refractivity contribution is 0.215. The first kappa shape index (κ1) is 14.9. The van der Waals surface area contributed by atoms with Crippen molar-refractivity contribution in [1.82, 2.24) is 15.1 Å². The quantitative estimate of drug-likeness (QED) is 0.652. The highest BCUT2D eigenvalue weighted by Gasteiger charge is 2.15. The summed E-state index contributed by atoms with van der Waals surface area (Å²) in [6.07, 6.45) is 4.04. The van der Waals surface area contributed by atoms with E-state index in [0.29, 0.717) is 0 Å². The van der Waals surface area contributed by atoms with Crippen LogP contribution in [0.25, 0.3) is 0 Å². The van der Waals surface area contributed by atoms with Crippen LogP contribution < -0.4 is 5.32 Å². The number of hydrogen-bond acceptors (Lipinski definition) is 3. The van der Waals surface area contributed by atoms with Gasteiger partial charge >= 0.3 is 0 Å². The van der Waals surface area contributed by atoms with Gasteiger partial charge in [0.1, 0.15) is 0 Å². The largest absolute Gasteiger partial charge is 0.316 e. The molecule has 0 amide bonds. The molecule has 1 aliphatic heterocycles. The van der Waals surface area contributed by atoms with Crippen LogP contribution in [0.3, 0.4) is 0 Å². The zero-order valence-electron chi connectivity index (χ0n) is 12.0. The van der Waals surface area contributed by atoms with Crippen molar-refractivity contribution in [3.05, 3.63) is 0 Å². The Morgan fingerprint density at radius 1 is 1.18 bits per heavy atom. The van der Waals surface area contributed by atoms with Gasteiger partial charge in [-0.15, -0.1) is 0 Å².